The second kappa shape index (κ2) is 6.97. The molecular formula is C17H15ClFN3O2. The van der Waals surface area contributed by atoms with E-state index in [1.807, 2.05) is 0 Å². The number of carbonyl (C=O) groups is 2. The fourth-order valence-corrected chi connectivity index (χ4v) is 2.97. The van der Waals surface area contributed by atoms with Gasteiger partial charge in [-0.3, -0.25) is 14.6 Å². The zero-order valence-corrected chi connectivity index (χ0v) is 13.5. The summed E-state index contributed by atoms with van der Waals surface area (Å²) in [6, 6.07) is 6.81. The molecule has 0 spiro atoms. The smallest absolute Gasteiger partial charge is 0.256 e. The van der Waals surface area contributed by atoms with Crippen molar-refractivity contribution in [3.05, 3.63) is 59.1 Å². The molecule has 0 bridgehead atoms. The number of piperidine rings is 1. The monoisotopic (exact) mass is 347 g/mol. The van der Waals surface area contributed by atoms with Crippen LogP contribution in [0.3, 0.4) is 0 Å². The summed E-state index contributed by atoms with van der Waals surface area (Å²) >= 11 is 5.90. The summed E-state index contributed by atoms with van der Waals surface area (Å²) in [4.78, 5) is 30.5. The first-order chi connectivity index (χ1) is 11.6. The van der Waals surface area contributed by atoms with E-state index in [9.17, 15) is 14.0 Å². The van der Waals surface area contributed by atoms with Crippen molar-refractivity contribution in [2.45, 2.75) is 18.9 Å². The Bertz CT molecular complexity index is 749. The van der Waals surface area contributed by atoms with Crippen LogP contribution in [0.2, 0.25) is 5.02 Å². The van der Waals surface area contributed by atoms with Crippen molar-refractivity contribution in [3.63, 3.8) is 0 Å². The Morgan fingerprint density at radius 2 is 2.17 bits per heavy atom. The largest absolute Gasteiger partial charge is 0.340 e. The van der Waals surface area contributed by atoms with Gasteiger partial charge in [-0.25, -0.2) is 4.39 Å². The number of carbonyl (C=O) groups excluding carboxylic acids is 2. The highest BCUT2D eigenvalue weighted by molar-refractivity contribution is 6.33. The average Bonchev–Trinajstić information content (AvgIpc) is 2.57. The van der Waals surface area contributed by atoms with Crippen LogP contribution in [-0.4, -0.2) is 29.4 Å². The number of hydrogen-bond donors (Lipinski definition) is 1. The molecule has 1 aliphatic rings. The summed E-state index contributed by atoms with van der Waals surface area (Å²) < 4.78 is 13.8. The third kappa shape index (κ3) is 3.23. The molecule has 1 aromatic heterocycles. The molecule has 0 radical (unpaired) electrons. The maximum atomic E-state index is 13.8. The summed E-state index contributed by atoms with van der Waals surface area (Å²) in [7, 11) is 0. The lowest BCUT2D eigenvalue weighted by Crippen LogP contribution is -2.52. The van der Waals surface area contributed by atoms with Crippen LogP contribution in [0.5, 0.6) is 0 Å². The molecule has 5 nitrogen and oxygen atoms in total. The van der Waals surface area contributed by atoms with Gasteiger partial charge in [-0.1, -0.05) is 17.7 Å². The van der Waals surface area contributed by atoms with Crippen molar-refractivity contribution in [3.8, 4) is 0 Å². The summed E-state index contributed by atoms with van der Waals surface area (Å²) in [5.74, 6) is -1.65. The van der Waals surface area contributed by atoms with Crippen molar-refractivity contribution in [1.29, 1.82) is 0 Å². The van der Waals surface area contributed by atoms with Crippen LogP contribution in [0.1, 0.15) is 23.2 Å². The minimum Gasteiger partial charge on any atom is -0.340 e. The summed E-state index contributed by atoms with van der Waals surface area (Å²) in [5.41, 5.74) is 0.427. The lowest BCUT2D eigenvalue weighted by molar-refractivity contribution is -0.121. The Morgan fingerprint density at radius 1 is 1.33 bits per heavy atom. The number of pyridine rings is 1. The molecule has 124 valence electrons. The van der Waals surface area contributed by atoms with Crippen LogP contribution in [0.25, 0.3) is 0 Å². The lowest BCUT2D eigenvalue weighted by Gasteiger charge is -2.32. The zero-order chi connectivity index (χ0) is 17.1. The Morgan fingerprint density at radius 3 is 2.88 bits per heavy atom. The highest BCUT2D eigenvalue weighted by atomic mass is 35.5. The van der Waals surface area contributed by atoms with Gasteiger partial charge in [-0.15, -0.1) is 0 Å². The van der Waals surface area contributed by atoms with Gasteiger partial charge in [0.15, 0.2) is 0 Å². The number of halogens is 2. The average molecular weight is 348 g/mol. The van der Waals surface area contributed by atoms with E-state index in [1.54, 1.807) is 29.4 Å². The maximum absolute atomic E-state index is 13.8. The van der Waals surface area contributed by atoms with E-state index in [-0.39, 0.29) is 16.5 Å². The van der Waals surface area contributed by atoms with Crippen LogP contribution < -0.4 is 10.2 Å². The number of amides is 2. The van der Waals surface area contributed by atoms with Gasteiger partial charge in [-0.05, 0) is 37.1 Å². The molecule has 2 amide bonds. The van der Waals surface area contributed by atoms with Crippen LogP contribution >= 0.6 is 11.6 Å². The summed E-state index contributed by atoms with van der Waals surface area (Å²) in [5, 5.41) is 2.61. The lowest BCUT2D eigenvalue weighted by atomic mass is 10.0. The molecule has 3 rings (SSSR count). The zero-order valence-electron chi connectivity index (χ0n) is 12.7. The second-order valence-electron chi connectivity index (χ2n) is 5.47. The highest BCUT2D eigenvalue weighted by Crippen LogP contribution is 2.22. The maximum Gasteiger partial charge on any atom is 0.256 e. The van der Waals surface area contributed by atoms with Gasteiger partial charge in [0.2, 0.25) is 5.91 Å². The number of aromatic nitrogens is 1. The molecule has 1 atom stereocenters. The van der Waals surface area contributed by atoms with Gasteiger partial charge in [0.1, 0.15) is 11.9 Å². The summed E-state index contributed by atoms with van der Waals surface area (Å²) in [6.45, 7) is 0.553. The topological polar surface area (TPSA) is 62.3 Å². The number of anilines is 1. The van der Waals surface area contributed by atoms with Gasteiger partial charge < -0.3 is 10.2 Å². The SMILES string of the molecule is O=C(N[C@@H]1CCCN(c2cccnc2)C1=O)c1c(F)cccc1Cl. The van der Waals surface area contributed by atoms with Gasteiger partial charge in [0, 0.05) is 12.7 Å². The van der Waals surface area contributed by atoms with Gasteiger partial charge in [-0.2, -0.15) is 0 Å². The van der Waals surface area contributed by atoms with Crippen LogP contribution in [0.15, 0.2) is 42.7 Å². The molecule has 2 heterocycles. The molecule has 7 heteroatoms. The van der Waals surface area contributed by atoms with Crippen LogP contribution in [0.4, 0.5) is 10.1 Å². The highest BCUT2D eigenvalue weighted by Gasteiger charge is 2.32. The predicted octanol–water partition coefficient (Wildman–Crippen LogP) is 2.80. The van der Waals surface area contributed by atoms with E-state index in [0.717, 1.165) is 12.5 Å². The van der Waals surface area contributed by atoms with E-state index >= 15 is 0 Å². The number of rotatable bonds is 3. The Labute approximate surface area is 143 Å². The van der Waals surface area contributed by atoms with Crippen LogP contribution in [-0.2, 0) is 4.79 Å². The molecule has 0 unspecified atom stereocenters. The molecule has 1 fully saturated rings. The first kappa shape index (κ1) is 16.4. The minimum atomic E-state index is -0.720. The summed E-state index contributed by atoms with van der Waals surface area (Å²) in [6.07, 6.45) is 4.43. The quantitative estimate of drug-likeness (QED) is 0.928. The fourth-order valence-electron chi connectivity index (χ4n) is 2.72. The first-order valence-electron chi connectivity index (χ1n) is 7.54. The fraction of sp³-hybridized carbons (Fsp3) is 0.235. The Hall–Kier alpha value is -2.47. The predicted molar refractivity (Wildman–Crippen MR) is 88.5 cm³/mol. The third-order valence-corrected chi connectivity index (χ3v) is 4.21. The number of benzene rings is 1. The molecule has 0 saturated carbocycles. The number of nitrogens with zero attached hydrogens (tertiary/aromatic N) is 2. The van der Waals surface area contributed by atoms with Gasteiger partial charge >= 0.3 is 0 Å². The van der Waals surface area contributed by atoms with E-state index in [4.69, 9.17) is 11.6 Å². The van der Waals surface area contributed by atoms with E-state index < -0.39 is 17.8 Å². The van der Waals surface area contributed by atoms with Gasteiger partial charge in [0.05, 0.1) is 22.5 Å². The molecule has 1 saturated heterocycles. The van der Waals surface area contributed by atoms with E-state index in [0.29, 0.717) is 18.7 Å². The van der Waals surface area contributed by atoms with E-state index in [1.165, 1.54) is 12.1 Å². The molecule has 1 aromatic carbocycles. The molecule has 24 heavy (non-hydrogen) atoms. The van der Waals surface area contributed by atoms with Crippen molar-refractivity contribution in [1.82, 2.24) is 10.3 Å². The van der Waals surface area contributed by atoms with Crippen LogP contribution in [0, 0.1) is 5.82 Å². The van der Waals surface area contributed by atoms with Crippen molar-refractivity contribution >= 4 is 29.1 Å². The molecule has 1 aliphatic heterocycles. The molecule has 2 aromatic rings. The second-order valence-corrected chi connectivity index (χ2v) is 5.87. The standard InChI is InChI=1S/C17H15ClFN3O2/c18-12-5-1-6-13(19)15(12)16(23)21-14-7-3-9-22(17(14)24)11-4-2-8-20-10-11/h1-2,4-6,8,10,14H,3,7,9H2,(H,21,23)/t14-/m1/s1. The molecule has 1 N–H and O–H groups in total. The normalized spacial score (nSPS) is 17.7. The first-order valence-corrected chi connectivity index (χ1v) is 7.92. The Kier molecular flexibility index (Phi) is 4.76. The van der Waals surface area contributed by atoms with Crippen molar-refractivity contribution in [2.75, 3.05) is 11.4 Å². The minimum absolute atomic E-state index is 0.0138. The number of nitrogens with one attached hydrogen (secondary N) is 1. The van der Waals surface area contributed by atoms with E-state index in [2.05, 4.69) is 10.3 Å². The van der Waals surface area contributed by atoms with Crippen molar-refractivity contribution in [2.24, 2.45) is 0 Å². The Balaban J connectivity index is 1.78. The number of hydrogen-bond acceptors (Lipinski definition) is 3. The van der Waals surface area contributed by atoms with Gasteiger partial charge in [0.25, 0.3) is 5.91 Å². The van der Waals surface area contributed by atoms with Crippen molar-refractivity contribution < 1.29 is 14.0 Å². The third-order valence-electron chi connectivity index (χ3n) is 3.89. The molecular weight excluding hydrogens is 333 g/mol. The molecule has 0 aliphatic carbocycles.